The second kappa shape index (κ2) is 5.48. The van der Waals surface area contributed by atoms with Crippen molar-refractivity contribution in [2.75, 3.05) is 5.32 Å². The van der Waals surface area contributed by atoms with E-state index in [9.17, 15) is 4.39 Å². The van der Waals surface area contributed by atoms with Crippen LogP contribution in [0.15, 0.2) is 40.9 Å². The molecule has 1 N–H and O–H groups in total. The Hall–Kier alpha value is -1.42. The number of anilines is 1. The van der Waals surface area contributed by atoms with Gasteiger partial charge in [0.1, 0.15) is 11.6 Å². The maximum Gasteiger partial charge on any atom is 0.126 e. The zero-order valence-electron chi connectivity index (χ0n) is 10.2. The molecule has 0 saturated carbocycles. The standard InChI is InChI=1S/C14H14BrFN2/c1-9(11-3-5-12(16)6-4-11)17-14-8-7-13(15)10(2)18-14/h3-9H,1-2H3,(H,17,18). The minimum absolute atomic E-state index is 0.0821. The molecule has 18 heavy (non-hydrogen) atoms. The summed E-state index contributed by atoms with van der Waals surface area (Å²) in [6.07, 6.45) is 0. The van der Waals surface area contributed by atoms with Crippen molar-refractivity contribution in [2.24, 2.45) is 0 Å². The van der Waals surface area contributed by atoms with E-state index in [1.165, 1.54) is 12.1 Å². The number of hydrogen-bond donors (Lipinski definition) is 1. The summed E-state index contributed by atoms with van der Waals surface area (Å²) < 4.78 is 13.8. The molecule has 4 heteroatoms. The monoisotopic (exact) mass is 308 g/mol. The first kappa shape index (κ1) is 13.0. The molecule has 0 amide bonds. The van der Waals surface area contributed by atoms with Crippen LogP contribution in [0.1, 0.15) is 24.2 Å². The summed E-state index contributed by atoms with van der Waals surface area (Å²) in [4.78, 5) is 4.42. The van der Waals surface area contributed by atoms with Gasteiger partial charge >= 0.3 is 0 Å². The molecule has 1 aromatic carbocycles. The summed E-state index contributed by atoms with van der Waals surface area (Å²) in [5.74, 6) is 0.594. The summed E-state index contributed by atoms with van der Waals surface area (Å²) in [6.45, 7) is 3.96. The highest BCUT2D eigenvalue weighted by molar-refractivity contribution is 9.10. The summed E-state index contributed by atoms with van der Waals surface area (Å²) in [7, 11) is 0. The molecule has 1 heterocycles. The first-order chi connectivity index (χ1) is 8.56. The van der Waals surface area contributed by atoms with Crippen LogP contribution >= 0.6 is 15.9 Å². The van der Waals surface area contributed by atoms with E-state index >= 15 is 0 Å². The Labute approximate surface area is 114 Å². The second-order valence-electron chi connectivity index (χ2n) is 4.18. The Morgan fingerprint density at radius 1 is 1.17 bits per heavy atom. The number of benzene rings is 1. The lowest BCUT2D eigenvalue weighted by molar-refractivity contribution is 0.626. The van der Waals surface area contributed by atoms with Gasteiger partial charge < -0.3 is 5.32 Å². The number of aromatic nitrogens is 1. The van der Waals surface area contributed by atoms with E-state index in [2.05, 4.69) is 26.2 Å². The van der Waals surface area contributed by atoms with Gasteiger partial charge in [-0.2, -0.15) is 0 Å². The molecule has 0 bridgehead atoms. The minimum atomic E-state index is -0.219. The highest BCUT2D eigenvalue weighted by Gasteiger charge is 2.07. The lowest BCUT2D eigenvalue weighted by atomic mass is 10.1. The third kappa shape index (κ3) is 3.07. The molecule has 0 saturated heterocycles. The summed E-state index contributed by atoms with van der Waals surface area (Å²) in [5, 5.41) is 3.29. The van der Waals surface area contributed by atoms with E-state index in [-0.39, 0.29) is 11.9 Å². The van der Waals surface area contributed by atoms with Crippen LogP contribution in [0, 0.1) is 12.7 Å². The van der Waals surface area contributed by atoms with Crippen LogP contribution in [0.25, 0.3) is 0 Å². The highest BCUT2D eigenvalue weighted by atomic mass is 79.9. The van der Waals surface area contributed by atoms with Crippen molar-refractivity contribution in [3.8, 4) is 0 Å². The van der Waals surface area contributed by atoms with E-state index in [1.807, 2.05) is 26.0 Å². The summed E-state index contributed by atoms with van der Waals surface area (Å²) in [5.41, 5.74) is 1.96. The fourth-order valence-electron chi connectivity index (χ4n) is 1.68. The number of hydrogen-bond acceptors (Lipinski definition) is 2. The average molecular weight is 309 g/mol. The van der Waals surface area contributed by atoms with Gasteiger partial charge in [0, 0.05) is 10.5 Å². The summed E-state index contributed by atoms with van der Waals surface area (Å²) in [6, 6.07) is 10.4. The van der Waals surface area contributed by atoms with Gasteiger partial charge in [0.2, 0.25) is 0 Å². The molecule has 0 spiro atoms. The van der Waals surface area contributed by atoms with Gasteiger partial charge in [0.25, 0.3) is 0 Å². The maximum atomic E-state index is 12.8. The van der Waals surface area contributed by atoms with Gasteiger partial charge in [-0.3, -0.25) is 0 Å². The molecule has 0 fully saturated rings. The molecule has 2 rings (SSSR count). The van der Waals surface area contributed by atoms with Gasteiger partial charge in [0.05, 0.1) is 5.69 Å². The van der Waals surface area contributed by atoms with Crippen LogP contribution < -0.4 is 5.32 Å². The van der Waals surface area contributed by atoms with Crippen LogP contribution in [-0.2, 0) is 0 Å². The number of nitrogens with zero attached hydrogens (tertiary/aromatic N) is 1. The van der Waals surface area contributed by atoms with Crippen LogP contribution in [0.2, 0.25) is 0 Å². The molecule has 2 nitrogen and oxygen atoms in total. The summed E-state index contributed by atoms with van der Waals surface area (Å²) >= 11 is 3.42. The Balaban J connectivity index is 2.13. The second-order valence-corrected chi connectivity index (χ2v) is 5.04. The van der Waals surface area contributed by atoms with Crippen LogP contribution in [-0.4, -0.2) is 4.98 Å². The maximum absolute atomic E-state index is 12.8. The Bertz CT molecular complexity index is 540. The first-order valence-corrected chi connectivity index (χ1v) is 6.50. The largest absolute Gasteiger partial charge is 0.364 e. The van der Waals surface area contributed by atoms with Crippen molar-refractivity contribution >= 4 is 21.7 Å². The van der Waals surface area contributed by atoms with E-state index in [1.54, 1.807) is 12.1 Å². The first-order valence-electron chi connectivity index (χ1n) is 5.71. The molecule has 94 valence electrons. The topological polar surface area (TPSA) is 24.9 Å². The van der Waals surface area contributed by atoms with E-state index in [0.717, 1.165) is 21.5 Å². The molecule has 0 aliphatic heterocycles. The molecule has 0 radical (unpaired) electrons. The predicted octanol–water partition coefficient (Wildman–Crippen LogP) is 4.46. The Morgan fingerprint density at radius 3 is 2.44 bits per heavy atom. The quantitative estimate of drug-likeness (QED) is 0.905. The smallest absolute Gasteiger partial charge is 0.126 e. The number of nitrogens with one attached hydrogen (secondary N) is 1. The Morgan fingerprint density at radius 2 is 1.83 bits per heavy atom. The molecule has 1 atom stereocenters. The van der Waals surface area contributed by atoms with Crippen LogP contribution in [0.5, 0.6) is 0 Å². The van der Waals surface area contributed by atoms with Gasteiger partial charge in [-0.05, 0) is 59.6 Å². The van der Waals surface area contributed by atoms with Crippen molar-refractivity contribution < 1.29 is 4.39 Å². The van der Waals surface area contributed by atoms with Crippen molar-refractivity contribution in [2.45, 2.75) is 19.9 Å². The molecular weight excluding hydrogens is 295 g/mol. The van der Waals surface area contributed by atoms with E-state index < -0.39 is 0 Å². The van der Waals surface area contributed by atoms with Crippen molar-refractivity contribution in [3.05, 3.63) is 57.9 Å². The normalized spacial score (nSPS) is 12.2. The lowest BCUT2D eigenvalue weighted by Gasteiger charge is -2.15. The number of rotatable bonds is 3. The van der Waals surface area contributed by atoms with Crippen molar-refractivity contribution in [1.29, 1.82) is 0 Å². The molecule has 0 aliphatic carbocycles. The van der Waals surface area contributed by atoms with Gasteiger partial charge in [-0.25, -0.2) is 9.37 Å². The third-order valence-electron chi connectivity index (χ3n) is 2.76. The van der Waals surface area contributed by atoms with Crippen molar-refractivity contribution in [3.63, 3.8) is 0 Å². The molecule has 1 aromatic heterocycles. The van der Waals surface area contributed by atoms with Gasteiger partial charge in [-0.15, -0.1) is 0 Å². The zero-order valence-corrected chi connectivity index (χ0v) is 11.8. The fourth-order valence-corrected chi connectivity index (χ4v) is 1.90. The number of pyridine rings is 1. The molecular formula is C14H14BrFN2. The van der Waals surface area contributed by atoms with E-state index in [4.69, 9.17) is 0 Å². The minimum Gasteiger partial charge on any atom is -0.364 e. The zero-order chi connectivity index (χ0) is 13.1. The predicted molar refractivity (Wildman–Crippen MR) is 75.1 cm³/mol. The van der Waals surface area contributed by atoms with Crippen molar-refractivity contribution in [1.82, 2.24) is 4.98 Å². The van der Waals surface area contributed by atoms with Crippen LogP contribution in [0.4, 0.5) is 10.2 Å². The van der Waals surface area contributed by atoms with Gasteiger partial charge in [-0.1, -0.05) is 12.1 Å². The lowest BCUT2D eigenvalue weighted by Crippen LogP contribution is -2.08. The molecule has 1 unspecified atom stereocenters. The fraction of sp³-hybridized carbons (Fsp3) is 0.214. The third-order valence-corrected chi connectivity index (χ3v) is 3.59. The van der Waals surface area contributed by atoms with Crippen LogP contribution in [0.3, 0.4) is 0 Å². The molecule has 0 aliphatic rings. The van der Waals surface area contributed by atoms with Gasteiger partial charge in [0.15, 0.2) is 0 Å². The SMILES string of the molecule is Cc1nc(NC(C)c2ccc(F)cc2)ccc1Br. The average Bonchev–Trinajstić information content (AvgIpc) is 2.34. The number of aryl methyl sites for hydroxylation is 1. The number of halogens is 2. The van der Waals surface area contributed by atoms with E-state index in [0.29, 0.717) is 0 Å². The Kier molecular flexibility index (Phi) is 3.97. The highest BCUT2D eigenvalue weighted by Crippen LogP contribution is 2.21. The molecule has 2 aromatic rings.